The molecule has 2 saturated heterocycles. The first-order valence-corrected chi connectivity index (χ1v) is 6.43. The van der Waals surface area contributed by atoms with Crippen LogP contribution in [-0.4, -0.2) is 59.8 Å². The summed E-state index contributed by atoms with van der Waals surface area (Å²) in [5, 5.41) is 12.5. The molecule has 2 N–H and O–H groups in total. The molecule has 2 aliphatic rings. The number of morpholine rings is 1. The predicted molar refractivity (Wildman–Crippen MR) is 64.2 cm³/mol. The summed E-state index contributed by atoms with van der Waals surface area (Å²) in [7, 11) is 0. The summed E-state index contributed by atoms with van der Waals surface area (Å²) in [6, 6.07) is 0. The normalized spacial score (nSPS) is 33.2. The van der Waals surface area contributed by atoms with Crippen molar-refractivity contribution in [2.24, 2.45) is 0 Å². The number of rotatable bonds is 2. The van der Waals surface area contributed by atoms with Crippen molar-refractivity contribution in [3.63, 3.8) is 0 Å². The number of hydrogen-bond donors (Lipinski definition) is 2. The van der Waals surface area contributed by atoms with Crippen LogP contribution >= 0.6 is 0 Å². The van der Waals surface area contributed by atoms with E-state index in [1.807, 2.05) is 0 Å². The van der Waals surface area contributed by atoms with Gasteiger partial charge in [-0.3, -0.25) is 4.79 Å². The zero-order valence-corrected chi connectivity index (χ0v) is 10.6. The predicted octanol–water partition coefficient (Wildman–Crippen LogP) is -0.169. The fourth-order valence-corrected chi connectivity index (χ4v) is 2.59. The van der Waals surface area contributed by atoms with E-state index in [2.05, 4.69) is 5.32 Å². The molecular weight excluding hydrogens is 236 g/mol. The summed E-state index contributed by atoms with van der Waals surface area (Å²) < 4.78 is 5.42. The van der Waals surface area contributed by atoms with Gasteiger partial charge in [-0.25, -0.2) is 4.79 Å². The molecule has 0 aromatic rings. The third-order valence-electron chi connectivity index (χ3n) is 3.82. The Balaban J connectivity index is 2.13. The van der Waals surface area contributed by atoms with Gasteiger partial charge in [0.1, 0.15) is 11.6 Å². The molecule has 0 radical (unpaired) electrons. The third-order valence-corrected chi connectivity index (χ3v) is 3.82. The van der Waals surface area contributed by atoms with Gasteiger partial charge in [0.2, 0.25) is 0 Å². The molecule has 0 saturated carbocycles. The number of amides is 1. The average molecular weight is 256 g/mol. The van der Waals surface area contributed by atoms with Crippen LogP contribution in [-0.2, 0) is 14.3 Å². The Hall–Kier alpha value is -1.14. The van der Waals surface area contributed by atoms with Gasteiger partial charge >= 0.3 is 5.97 Å². The van der Waals surface area contributed by atoms with Gasteiger partial charge in [0.25, 0.3) is 5.91 Å². The Bertz CT molecular complexity index is 341. The largest absolute Gasteiger partial charge is 0.480 e. The molecule has 2 aliphatic heterocycles. The van der Waals surface area contributed by atoms with Gasteiger partial charge in [-0.15, -0.1) is 0 Å². The molecular formula is C12H20N2O4. The number of ether oxygens (including phenoxy) is 1. The first kappa shape index (κ1) is 13.3. The van der Waals surface area contributed by atoms with E-state index in [1.54, 1.807) is 6.92 Å². The smallest absolute Gasteiger partial charge is 0.329 e. The highest BCUT2D eigenvalue weighted by Crippen LogP contribution is 2.29. The molecule has 6 heteroatoms. The summed E-state index contributed by atoms with van der Waals surface area (Å²) in [5.41, 5.74) is -1.09. The van der Waals surface area contributed by atoms with Gasteiger partial charge in [0.05, 0.1) is 6.61 Å². The van der Waals surface area contributed by atoms with Crippen LogP contribution in [0.25, 0.3) is 0 Å². The molecule has 2 atom stereocenters. The van der Waals surface area contributed by atoms with Crippen molar-refractivity contribution in [3.05, 3.63) is 0 Å². The molecule has 2 rings (SSSR count). The number of carbonyl (C=O) groups excluding carboxylic acids is 1. The number of likely N-dealkylation sites (tertiary alicyclic amines) is 1. The van der Waals surface area contributed by atoms with Gasteiger partial charge in [-0.05, 0) is 26.2 Å². The van der Waals surface area contributed by atoms with Crippen LogP contribution in [0.15, 0.2) is 0 Å². The Labute approximate surface area is 106 Å². The molecule has 1 amide bonds. The number of carbonyl (C=O) groups is 2. The van der Waals surface area contributed by atoms with Gasteiger partial charge < -0.3 is 20.1 Å². The van der Waals surface area contributed by atoms with Gasteiger partial charge in [0, 0.05) is 19.6 Å². The van der Waals surface area contributed by atoms with E-state index in [-0.39, 0.29) is 5.91 Å². The summed E-state index contributed by atoms with van der Waals surface area (Å²) in [5.74, 6) is -1.13. The number of aliphatic carboxylic acids is 1. The summed E-state index contributed by atoms with van der Waals surface area (Å²) in [4.78, 5) is 25.3. The summed E-state index contributed by atoms with van der Waals surface area (Å²) in [6.07, 6.45) is 1.66. The maximum Gasteiger partial charge on any atom is 0.329 e. The highest BCUT2D eigenvalue weighted by Gasteiger charge is 2.45. The molecule has 0 bridgehead atoms. The molecule has 0 aromatic carbocycles. The third kappa shape index (κ3) is 2.35. The second kappa shape index (κ2) is 5.24. The van der Waals surface area contributed by atoms with Crippen LogP contribution in [0.3, 0.4) is 0 Å². The van der Waals surface area contributed by atoms with Crippen molar-refractivity contribution in [1.82, 2.24) is 10.2 Å². The number of carboxylic acids is 1. The number of nitrogens with zero attached hydrogens (tertiary/aromatic N) is 1. The second-order valence-electron chi connectivity index (χ2n) is 5.09. The highest BCUT2D eigenvalue weighted by atomic mass is 16.5. The lowest BCUT2D eigenvalue weighted by molar-refractivity contribution is -0.167. The minimum absolute atomic E-state index is 0.202. The molecule has 2 fully saturated rings. The highest BCUT2D eigenvalue weighted by molar-refractivity contribution is 5.89. The van der Waals surface area contributed by atoms with Crippen molar-refractivity contribution >= 4 is 11.9 Å². The molecule has 0 aromatic heterocycles. The SMILES string of the molecule is CC1(C(=O)O)CCCCN1C(=O)C1CNCCO1. The summed E-state index contributed by atoms with van der Waals surface area (Å²) in [6.45, 7) is 3.82. The van der Waals surface area contributed by atoms with E-state index in [4.69, 9.17) is 4.74 Å². The lowest BCUT2D eigenvalue weighted by Crippen LogP contribution is -2.61. The number of hydrogen-bond acceptors (Lipinski definition) is 4. The van der Waals surface area contributed by atoms with Gasteiger partial charge in [0.15, 0.2) is 0 Å². The molecule has 0 spiro atoms. The molecule has 2 unspecified atom stereocenters. The first-order chi connectivity index (χ1) is 8.55. The minimum Gasteiger partial charge on any atom is -0.480 e. The van der Waals surface area contributed by atoms with E-state index in [0.29, 0.717) is 26.1 Å². The second-order valence-corrected chi connectivity index (χ2v) is 5.09. The Morgan fingerprint density at radius 3 is 2.83 bits per heavy atom. The number of carboxylic acid groups (broad SMARTS) is 1. The van der Waals surface area contributed by atoms with Crippen molar-refractivity contribution in [1.29, 1.82) is 0 Å². The quantitative estimate of drug-likeness (QED) is 0.717. The minimum atomic E-state index is -1.09. The molecule has 2 heterocycles. The van der Waals surface area contributed by atoms with E-state index in [9.17, 15) is 14.7 Å². The maximum atomic E-state index is 12.4. The van der Waals surface area contributed by atoms with Crippen LogP contribution in [0.1, 0.15) is 26.2 Å². The Morgan fingerprint density at radius 1 is 1.44 bits per heavy atom. The van der Waals surface area contributed by atoms with E-state index < -0.39 is 17.6 Å². The van der Waals surface area contributed by atoms with Crippen molar-refractivity contribution in [3.8, 4) is 0 Å². The number of nitrogens with one attached hydrogen (secondary N) is 1. The Morgan fingerprint density at radius 2 is 2.22 bits per heavy atom. The zero-order valence-electron chi connectivity index (χ0n) is 10.6. The van der Waals surface area contributed by atoms with Crippen molar-refractivity contribution < 1.29 is 19.4 Å². The van der Waals surface area contributed by atoms with Crippen molar-refractivity contribution in [2.75, 3.05) is 26.2 Å². The topological polar surface area (TPSA) is 78.9 Å². The Kier molecular flexibility index (Phi) is 3.87. The number of piperidine rings is 1. The lowest BCUT2D eigenvalue weighted by atomic mass is 9.88. The van der Waals surface area contributed by atoms with Gasteiger partial charge in [-0.2, -0.15) is 0 Å². The fourth-order valence-electron chi connectivity index (χ4n) is 2.59. The van der Waals surface area contributed by atoms with Crippen LogP contribution < -0.4 is 5.32 Å². The van der Waals surface area contributed by atoms with E-state index in [0.717, 1.165) is 19.4 Å². The zero-order chi connectivity index (χ0) is 13.2. The van der Waals surface area contributed by atoms with E-state index >= 15 is 0 Å². The molecule has 102 valence electrons. The summed E-state index contributed by atoms with van der Waals surface area (Å²) >= 11 is 0. The molecule has 6 nitrogen and oxygen atoms in total. The van der Waals surface area contributed by atoms with Crippen LogP contribution in [0, 0.1) is 0 Å². The average Bonchev–Trinajstić information content (AvgIpc) is 2.39. The van der Waals surface area contributed by atoms with Crippen molar-refractivity contribution in [2.45, 2.75) is 37.8 Å². The standard InChI is InChI=1S/C12H20N2O4/c1-12(11(16)17)4-2-3-6-14(12)10(15)9-8-13-5-7-18-9/h9,13H,2-8H2,1H3,(H,16,17). The van der Waals surface area contributed by atoms with Crippen LogP contribution in [0.4, 0.5) is 0 Å². The molecule has 0 aliphatic carbocycles. The van der Waals surface area contributed by atoms with E-state index in [1.165, 1.54) is 4.90 Å². The first-order valence-electron chi connectivity index (χ1n) is 6.43. The van der Waals surface area contributed by atoms with Crippen LogP contribution in [0.5, 0.6) is 0 Å². The fraction of sp³-hybridized carbons (Fsp3) is 0.833. The molecule has 18 heavy (non-hydrogen) atoms. The lowest BCUT2D eigenvalue weighted by Gasteiger charge is -2.43. The maximum absolute atomic E-state index is 12.4. The van der Waals surface area contributed by atoms with Crippen LogP contribution in [0.2, 0.25) is 0 Å². The monoisotopic (exact) mass is 256 g/mol. The van der Waals surface area contributed by atoms with Gasteiger partial charge in [-0.1, -0.05) is 0 Å².